The van der Waals surface area contributed by atoms with Crippen molar-refractivity contribution in [1.82, 2.24) is 5.32 Å². The third-order valence-electron chi connectivity index (χ3n) is 3.42. The number of hydrogen-bond acceptors (Lipinski definition) is 3. The molecule has 1 saturated carbocycles. The highest BCUT2D eigenvalue weighted by Crippen LogP contribution is 2.23. The maximum absolute atomic E-state index is 5.56. The molecule has 0 atom stereocenters. The van der Waals surface area contributed by atoms with Crippen molar-refractivity contribution in [3.63, 3.8) is 0 Å². The van der Waals surface area contributed by atoms with Crippen molar-refractivity contribution in [2.24, 2.45) is 0 Å². The van der Waals surface area contributed by atoms with E-state index in [1.165, 1.54) is 5.56 Å². The smallest absolute Gasteiger partial charge is 0.119 e. The van der Waals surface area contributed by atoms with Gasteiger partial charge in [0, 0.05) is 19.7 Å². The molecule has 1 fully saturated rings. The Morgan fingerprint density at radius 3 is 2.56 bits per heavy atom. The Kier molecular flexibility index (Phi) is 5.02. The summed E-state index contributed by atoms with van der Waals surface area (Å²) in [5, 5.41) is 3.54. The fraction of sp³-hybridized carbons (Fsp3) is 0.600. The first-order valence-electron chi connectivity index (χ1n) is 6.79. The lowest BCUT2D eigenvalue weighted by Crippen LogP contribution is -2.44. The van der Waals surface area contributed by atoms with Gasteiger partial charge in [-0.15, -0.1) is 0 Å². The number of hydrogen-bond donors (Lipinski definition) is 1. The SMILES string of the molecule is CCCOc1ccc(CNC2CC(OC)C2)cc1. The maximum atomic E-state index is 5.56. The summed E-state index contributed by atoms with van der Waals surface area (Å²) in [5.74, 6) is 0.962. The monoisotopic (exact) mass is 249 g/mol. The maximum Gasteiger partial charge on any atom is 0.119 e. The lowest BCUT2D eigenvalue weighted by Gasteiger charge is -2.34. The molecule has 18 heavy (non-hydrogen) atoms. The van der Waals surface area contributed by atoms with Crippen LogP contribution < -0.4 is 10.1 Å². The molecule has 0 bridgehead atoms. The minimum atomic E-state index is 0.465. The zero-order chi connectivity index (χ0) is 12.8. The van der Waals surface area contributed by atoms with E-state index in [4.69, 9.17) is 9.47 Å². The molecule has 0 amide bonds. The summed E-state index contributed by atoms with van der Waals surface area (Å²) in [6, 6.07) is 8.97. The topological polar surface area (TPSA) is 30.5 Å². The molecule has 0 radical (unpaired) electrons. The van der Waals surface area contributed by atoms with Crippen molar-refractivity contribution in [3.8, 4) is 5.75 Å². The van der Waals surface area contributed by atoms with Crippen molar-refractivity contribution in [3.05, 3.63) is 29.8 Å². The average molecular weight is 249 g/mol. The summed E-state index contributed by atoms with van der Waals surface area (Å²) >= 11 is 0. The first kappa shape index (κ1) is 13.4. The summed E-state index contributed by atoms with van der Waals surface area (Å²) in [6.45, 7) is 3.83. The zero-order valence-electron chi connectivity index (χ0n) is 11.3. The van der Waals surface area contributed by atoms with E-state index in [9.17, 15) is 0 Å². The van der Waals surface area contributed by atoms with E-state index in [2.05, 4.69) is 24.4 Å². The van der Waals surface area contributed by atoms with Crippen molar-refractivity contribution in [1.29, 1.82) is 0 Å². The first-order chi connectivity index (χ1) is 8.81. The fourth-order valence-corrected chi connectivity index (χ4v) is 2.11. The van der Waals surface area contributed by atoms with Crippen molar-refractivity contribution < 1.29 is 9.47 Å². The van der Waals surface area contributed by atoms with Crippen LogP contribution in [-0.4, -0.2) is 25.9 Å². The van der Waals surface area contributed by atoms with Crippen LogP contribution in [0.4, 0.5) is 0 Å². The molecule has 1 aliphatic rings. The Morgan fingerprint density at radius 2 is 1.94 bits per heavy atom. The molecule has 0 aromatic heterocycles. The van der Waals surface area contributed by atoms with Crippen LogP contribution in [0.3, 0.4) is 0 Å². The number of benzene rings is 1. The summed E-state index contributed by atoms with van der Waals surface area (Å²) in [6.07, 6.45) is 3.78. The van der Waals surface area contributed by atoms with Crippen LogP contribution in [0.15, 0.2) is 24.3 Å². The van der Waals surface area contributed by atoms with Gasteiger partial charge in [0.15, 0.2) is 0 Å². The van der Waals surface area contributed by atoms with E-state index in [1.54, 1.807) is 7.11 Å². The third-order valence-corrected chi connectivity index (χ3v) is 3.42. The Hall–Kier alpha value is -1.06. The largest absolute Gasteiger partial charge is 0.494 e. The number of nitrogens with one attached hydrogen (secondary N) is 1. The molecular weight excluding hydrogens is 226 g/mol. The minimum absolute atomic E-state index is 0.465. The van der Waals surface area contributed by atoms with Gasteiger partial charge in [-0.05, 0) is 37.0 Å². The van der Waals surface area contributed by atoms with Crippen LogP contribution in [0, 0.1) is 0 Å². The second kappa shape index (κ2) is 6.76. The third kappa shape index (κ3) is 3.72. The molecule has 3 nitrogen and oxygen atoms in total. The summed E-state index contributed by atoms with van der Waals surface area (Å²) in [4.78, 5) is 0. The van der Waals surface area contributed by atoms with Gasteiger partial charge in [0.2, 0.25) is 0 Å². The summed E-state index contributed by atoms with van der Waals surface area (Å²) in [7, 11) is 1.79. The first-order valence-corrected chi connectivity index (χ1v) is 6.79. The molecule has 0 spiro atoms. The highest BCUT2D eigenvalue weighted by atomic mass is 16.5. The van der Waals surface area contributed by atoms with Gasteiger partial charge >= 0.3 is 0 Å². The Morgan fingerprint density at radius 1 is 1.22 bits per heavy atom. The Labute approximate surface area is 109 Å². The summed E-state index contributed by atoms with van der Waals surface area (Å²) in [5.41, 5.74) is 1.31. The lowest BCUT2D eigenvalue weighted by molar-refractivity contribution is 0.0170. The van der Waals surface area contributed by atoms with Gasteiger partial charge in [-0.25, -0.2) is 0 Å². The van der Waals surface area contributed by atoms with Gasteiger partial charge in [0.1, 0.15) is 5.75 Å². The minimum Gasteiger partial charge on any atom is -0.494 e. The van der Waals surface area contributed by atoms with E-state index >= 15 is 0 Å². The van der Waals surface area contributed by atoms with Gasteiger partial charge in [0.05, 0.1) is 12.7 Å². The van der Waals surface area contributed by atoms with Gasteiger partial charge in [-0.3, -0.25) is 0 Å². The Bertz CT molecular complexity index is 344. The number of methoxy groups -OCH3 is 1. The van der Waals surface area contributed by atoms with Gasteiger partial charge in [-0.1, -0.05) is 19.1 Å². The van der Waals surface area contributed by atoms with E-state index in [0.29, 0.717) is 12.1 Å². The second-order valence-electron chi connectivity index (χ2n) is 4.90. The zero-order valence-corrected chi connectivity index (χ0v) is 11.3. The molecule has 0 heterocycles. The molecule has 3 heteroatoms. The van der Waals surface area contributed by atoms with Crippen molar-refractivity contribution in [2.75, 3.05) is 13.7 Å². The predicted octanol–water partition coefficient (Wildman–Crippen LogP) is 2.74. The van der Waals surface area contributed by atoms with E-state index in [0.717, 1.165) is 38.2 Å². The highest BCUT2D eigenvalue weighted by molar-refractivity contribution is 5.27. The van der Waals surface area contributed by atoms with Crippen molar-refractivity contribution in [2.45, 2.75) is 44.9 Å². The molecule has 1 aromatic rings. The van der Waals surface area contributed by atoms with Crippen LogP contribution in [0.5, 0.6) is 5.75 Å². The molecule has 1 aromatic carbocycles. The Balaban J connectivity index is 1.70. The average Bonchev–Trinajstić information content (AvgIpc) is 2.36. The quantitative estimate of drug-likeness (QED) is 0.806. The van der Waals surface area contributed by atoms with E-state index in [1.807, 2.05) is 12.1 Å². The predicted molar refractivity (Wildman–Crippen MR) is 72.9 cm³/mol. The normalized spacial score (nSPS) is 22.6. The fourth-order valence-electron chi connectivity index (χ4n) is 2.11. The van der Waals surface area contributed by atoms with Crippen LogP contribution >= 0.6 is 0 Å². The highest BCUT2D eigenvalue weighted by Gasteiger charge is 2.28. The number of rotatable bonds is 7. The van der Waals surface area contributed by atoms with E-state index in [-0.39, 0.29) is 0 Å². The van der Waals surface area contributed by atoms with Crippen molar-refractivity contribution >= 4 is 0 Å². The molecule has 1 N–H and O–H groups in total. The van der Waals surface area contributed by atoms with Gasteiger partial charge < -0.3 is 14.8 Å². The molecular formula is C15H23NO2. The standard InChI is InChI=1S/C15H23NO2/c1-3-8-18-14-6-4-12(5-7-14)11-16-13-9-15(10-13)17-2/h4-7,13,15-16H,3,8-11H2,1-2H3. The summed E-state index contributed by atoms with van der Waals surface area (Å²) < 4.78 is 10.8. The second-order valence-corrected chi connectivity index (χ2v) is 4.90. The van der Waals surface area contributed by atoms with Gasteiger partial charge in [0.25, 0.3) is 0 Å². The molecule has 0 unspecified atom stereocenters. The number of ether oxygens (including phenoxy) is 2. The molecule has 2 rings (SSSR count). The van der Waals surface area contributed by atoms with Gasteiger partial charge in [-0.2, -0.15) is 0 Å². The molecule has 0 saturated heterocycles. The van der Waals surface area contributed by atoms with Crippen LogP contribution in [0.2, 0.25) is 0 Å². The lowest BCUT2D eigenvalue weighted by atomic mass is 9.89. The molecule has 1 aliphatic carbocycles. The van der Waals surface area contributed by atoms with Crippen LogP contribution in [0.1, 0.15) is 31.7 Å². The van der Waals surface area contributed by atoms with Crippen LogP contribution in [0.25, 0.3) is 0 Å². The van der Waals surface area contributed by atoms with E-state index < -0.39 is 0 Å². The molecule has 0 aliphatic heterocycles. The molecule has 100 valence electrons. The van der Waals surface area contributed by atoms with Crippen LogP contribution in [-0.2, 0) is 11.3 Å².